The van der Waals surface area contributed by atoms with E-state index in [1.807, 2.05) is 112 Å². The van der Waals surface area contributed by atoms with E-state index in [0.717, 1.165) is 89.6 Å². The fraction of sp³-hybridized carbons (Fsp3) is 0.243. The molecule has 0 aliphatic carbocycles. The van der Waals surface area contributed by atoms with Crippen LogP contribution < -0.4 is 0 Å². The molecule has 0 bridgehead atoms. The summed E-state index contributed by atoms with van der Waals surface area (Å²) in [6.45, 7) is 2.99. The van der Waals surface area contributed by atoms with E-state index in [1.165, 1.54) is 0 Å². The molecule has 1 spiro atoms. The standard InChI is InChI=1S/C37H33N5O2S/c43-35(28-9-5-7-26(23-28)31-25-42-18-4-3-13-33(42)38-31)40-19-14-37(15-20-40)16-21-41(22-17-37)36(44)29-10-6-8-27(24-29)34-39-30-11-1-2-12-32(30)45-34/h1-13,18,23-25H,14-17,19-22H2. The zero-order valence-corrected chi connectivity index (χ0v) is 25.7. The van der Waals surface area contributed by atoms with Crippen LogP contribution in [-0.2, 0) is 0 Å². The molecule has 0 N–H and O–H groups in total. The highest BCUT2D eigenvalue weighted by atomic mass is 32.1. The Balaban J connectivity index is 0.894. The van der Waals surface area contributed by atoms with E-state index in [4.69, 9.17) is 9.97 Å². The second-order valence-corrected chi connectivity index (χ2v) is 13.4. The molecule has 2 saturated heterocycles. The number of amides is 2. The van der Waals surface area contributed by atoms with Crippen molar-refractivity contribution in [2.45, 2.75) is 25.7 Å². The van der Waals surface area contributed by atoms with Gasteiger partial charge in [-0.1, -0.05) is 42.5 Å². The summed E-state index contributed by atoms with van der Waals surface area (Å²) >= 11 is 1.65. The van der Waals surface area contributed by atoms with Crippen LogP contribution in [0.2, 0.25) is 0 Å². The Kier molecular flexibility index (Phi) is 6.94. The van der Waals surface area contributed by atoms with Gasteiger partial charge in [-0.25, -0.2) is 9.97 Å². The molecule has 224 valence electrons. The molecule has 45 heavy (non-hydrogen) atoms. The summed E-state index contributed by atoms with van der Waals surface area (Å²) in [5, 5.41) is 0.937. The van der Waals surface area contributed by atoms with Gasteiger partial charge in [0.1, 0.15) is 10.7 Å². The van der Waals surface area contributed by atoms with Gasteiger partial charge in [-0.15, -0.1) is 11.3 Å². The Morgan fingerprint density at radius 3 is 1.96 bits per heavy atom. The lowest BCUT2D eigenvalue weighted by Crippen LogP contribution is -2.49. The number of aromatic nitrogens is 3. The number of carbonyl (C=O) groups excluding carboxylic acids is 2. The zero-order valence-electron chi connectivity index (χ0n) is 24.9. The lowest BCUT2D eigenvalue weighted by molar-refractivity contribution is 0.0280. The second-order valence-electron chi connectivity index (χ2n) is 12.3. The highest BCUT2D eigenvalue weighted by molar-refractivity contribution is 7.21. The van der Waals surface area contributed by atoms with Crippen molar-refractivity contribution in [3.63, 3.8) is 0 Å². The molecular formula is C37H33N5O2S. The minimum atomic E-state index is 0.0797. The fourth-order valence-corrected chi connectivity index (χ4v) is 7.86. The van der Waals surface area contributed by atoms with Crippen molar-refractivity contribution >= 4 is 39.0 Å². The van der Waals surface area contributed by atoms with Crippen LogP contribution in [0.3, 0.4) is 0 Å². The van der Waals surface area contributed by atoms with Crippen molar-refractivity contribution in [2.75, 3.05) is 26.2 Å². The summed E-state index contributed by atoms with van der Waals surface area (Å²) in [6, 6.07) is 29.8. The number of rotatable bonds is 4. The third-order valence-electron chi connectivity index (χ3n) is 9.64. The van der Waals surface area contributed by atoms with Gasteiger partial charge in [-0.2, -0.15) is 0 Å². The van der Waals surface area contributed by atoms with Crippen molar-refractivity contribution in [1.29, 1.82) is 0 Å². The Labute approximate surface area is 265 Å². The van der Waals surface area contributed by atoms with Crippen LogP contribution in [0.15, 0.2) is 103 Å². The summed E-state index contributed by atoms with van der Waals surface area (Å²) in [5.41, 5.74) is 6.27. The summed E-state index contributed by atoms with van der Waals surface area (Å²) in [5.74, 6) is 0.169. The van der Waals surface area contributed by atoms with Crippen molar-refractivity contribution in [2.24, 2.45) is 5.41 Å². The first-order chi connectivity index (χ1) is 22.0. The second kappa shape index (κ2) is 11.3. The quantitative estimate of drug-likeness (QED) is 0.208. The Hall–Kier alpha value is -4.82. The first kappa shape index (κ1) is 27.7. The molecule has 5 heterocycles. The van der Waals surface area contributed by atoms with Crippen molar-refractivity contribution in [3.8, 4) is 21.8 Å². The number of likely N-dealkylation sites (tertiary alicyclic amines) is 2. The van der Waals surface area contributed by atoms with Gasteiger partial charge >= 0.3 is 0 Å². The van der Waals surface area contributed by atoms with Gasteiger partial charge in [-0.3, -0.25) is 9.59 Å². The number of hydrogen-bond donors (Lipinski definition) is 0. The molecule has 8 heteroatoms. The molecule has 2 aliphatic rings. The molecule has 0 saturated carbocycles. The minimum Gasteiger partial charge on any atom is -0.339 e. The van der Waals surface area contributed by atoms with E-state index < -0.39 is 0 Å². The number of benzene rings is 3. The number of carbonyl (C=O) groups is 2. The molecule has 7 nitrogen and oxygen atoms in total. The minimum absolute atomic E-state index is 0.0797. The monoisotopic (exact) mass is 611 g/mol. The van der Waals surface area contributed by atoms with E-state index in [0.29, 0.717) is 11.1 Å². The van der Waals surface area contributed by atoms with Gasteiger partial charge in [-0.05, 0) is 79.6 Å². The Bertz CT molecular complexity index is 1830. The lowest BCUT2D eigenvalue weighted by Gasteiger charge is -2.47. The number of nitrogens with zero attached hydrogens (tertiary/aromatic N) is 5. The summed E-state index contributed by atoms with van der Waals surface area (Å²) in [7, 11) is 0. The van der Waals surface area contributed by atoms with Crippen molar-refractivity contribution in [3.05, 3.63) is 115 Å². The van der Waals surface area contributed by atoms with Crippen LogP contribution >= 0.6 is 11.3 Å². The van der Waals surface area contributed by atoms with Crippen LogP contribution in [0.4, 0.5) is 0 Å². The summed E-state index contributed by atoms with van der Waals surface area (Å²) in [4.78, 5) is 40.6. The molecule has 0 atom stereocenters. The molecule has 0 radical (unpaired) electrons. The third-order valence-corrected chi connectivity index (χ3v) is 10.7. The number of hydrogen-bond acceptors (Lipinski definition) is 5. The number of fused-ring (bicyclic) bond motifs is 2. The van der Waals surface area contributed by atoms with Gasteiger partial charge in [0, 0.05) is 60.8 Å². The van der Waals surface area contributed by atoms with E-state index >= 15 is 0 Å². The Morgan fingerprint density at radius 2 is 1.29 bits per heavy atom. The van der Waals surface area contributed by atoms with Crippen LogP contribution in [0.1, 0.15) is 46.4 Å². The van der Waals surface area contributed by atoms with Gasteiger partial charge in [0.25, 0.3) is 11.8 Å². The number of imidazole rings is 1. The molecule has 2 fully saturated rings. The summed E-state index contributed by atoms with van der Waals surface area (Å²) < 4.78 is 3.14. The largest absolute Gasteiger partial charge is 0.339 e. The smallest absolute Gasteiger partial charge is 0.253 e. The maximum atomic E-state index is 13.6. The maximum absolute atomic E-state index is 13.6. The predicted octanol–water partition coefficient (Wildman–Crippen LogP) is 7.44. The molecule has 2 amide bonds. The summed E-state index contributed by atoms with van der Waals surface area (Å²) in [6.07, 6.45) is 7.87. The van der Waals surface area contributed by atoms with Crippen LogP contribution in [-0.4, -0.2) is 62.2 Å². The topological polar surface area (TPSA) is 70.8 Å². The van der Waals surface area contributed by atoms with Gasteiger partial charge in [0.05, 0.1) is 15.9 Å². The molecule has 6 aromatic rings. The highest BCUT2D eigenvalue weighted by Crippen LogP contribution is 2.42. The van der Waals surface area contributed by atoms with E-state index in [9.17, 15) is 9.59 Å². The first-order valence-corrected chi connectivity index (χ1v) is 16.4. The zero-order chi connectivity index (χ0) is 30.4. The molecule has 0 unspecified atom stereocenters. The number of thiazole rings is 1. The molecule has 3 aromatic carbocycles. The normalized spacial score (nSPS) is 16.4. The van der Waals surface area contributed by atoms with E-state index in [2.05, 4.69) is 6.07 Å². The van der Waals surface area contributed by atoms with Crippen LogP contribution in [0.25, 0.3) is 37.7 Å². The third kappa shape index (κ3) is 5.29. The van der Waals surface area contributed by atoms with Gasteiger partial charge in [0.15, 0.2) is 0 Å². The number of para-hydroxylation sites is 1. The fourth-order valence-electron chi connectivity index (χ4n) is 6.90. The highest BCUT2D eigenvalue weighted by Gasteiger charge is 2.39. The average Bonchev–Trinajstić information content (AvgIpc) is 3.74. The molecule has 8 rings (SSSR count). The number of pyridine rings is 1. The number of piperidine rings is 2. The SMILES string of the molecule is O=C(c1cccc(-c2cn3ccccc3n2)c1)N1CCC2(CC1)CCN(C(=O)c1cccc(-c3nc4ccccc4s3)c1)CC2. The lowest BCUT2D eigenvalue weighted by atomic mass is 9.71. The molecule has 2 aliphatic heterocycles. The average molecular weight is 612 g/mol. The van der Waals surface area contributed by atoms with Crippen LogP contribution in [0.5, 0.6) is 0 Å². The van der Waals surface area contributed by atoms with Crippen molar-refractivity contribution in [1.82, 2.24) is 24.2 Å². The molecular weight excluding hydrogens is 579 g/mol. The first-order valence-electron chi connectivity index (χ1n) is 15.6. The predicted molar refractivity (Wildman–Crippen MR) is 178 cm³/mol. The van der Waals surface area contributed by atoms with Crippen LogP contribution in [0, 0.1) is 5.41 Å². The maximum Gasteiger partial charge on any atom is 0.253 e. The Morgan fingerprint density at radius 1 is 0.667 bits per heavy atom. The van der Waals surface area contributed by atoms with E-state index in [1.54, 1.807) is 11.3 Å². The van der Waals surface area contributed by atoms with E-state index in [-0.39, 0.29) is 17.2 Å². The van der Waals surface area contributed by atoms with Crippen molar-refractivity contribution < 1.29 is 9.59 Å². The van der Waals surface area contributed by atoms with Gasteiger partial charge < -0.3 is 14.2 Å². The molecule has 3 aromatic heterocycles. The van der Waals surface area contributed by atoms with Gasteiger partial charge in [0.2, 0.25) is 0 Å².